The fourth-order valence-electron chi connectivity index (χ4n) is 2.75. The number of piperazine rings is 1. The van der Waals surface area contributed by atoms with Crippen molar-refractivity contribution in [1.29, 1.82) is 0 Å². The number of anilines is 1. The molecule has 1 aliphatic heterocycles. The molecule has 1 N–H and O–H groups in total. The molecule has 6 heteroatoms. The summed E-state index contributed by atoms with van der Waals surface area (Å²) in [6.45, 7) is 6.04. The van der Waals surface area contributed by atoms with Gasteiger partial charge in [-0.2, -0.15) is 0 Å². The number of halogens is 1. The van der Waals surface area contributed by atoms with Crippen molar-refractivity contribution in [3.8, 4) is 0 Å². The molecule has 2 aromatic rings. The summed E-state index contributed by atoms with van der Waals surface area (Å²) < 4.78 is 1.05. The molecule has 0 radical (unpaired) electrons. The molecule has 0 bridgehead atoms. The van der Waals surface area contributed by atoms with Gasteiger partial charge in [-0.1, -0.05) is 22.0 Å². The third-order valence-electron chi connectivity index (χ3n) is 4.18. The summed E-state index contributed by atoms with van der Waals surface area (Å²) in [7, 11) is 0. The SMILES string of the molecule is Cc1cc(NC(=O)N2CCN(Cc3ccccn3)CC2)ccc1Br. The first-order valence-electron chi connectivity index (χ1n) is 8.06. The Bertz CT molecular complexity index is 699. The molecule has 0 aliphatic carbocycles. The molecular weight excluding hydrogens is 368 g/mol. The molecule has 1 aliphatic rings. The van der Waals surface area contributed by atoms with Crippen molar-refractivity contribution < 1.29 is 4.79 Å². The Balaban J connectivity index is 1.50. The number of aromatic nitrogens is 1. The predicted molar refractivity (Wildman–Crippen MR) is 99.0 cm³/mol. The normalized spacial score (nSPS) is 15.3. The van der Waals surface area contributed by atoms with Crippen LogP contribution in [-0.4, -0.2) is 47.0 Å². The van der Waals surface area contributed by atoms with Gasteiger partial charge < -0.3 is 10.2 Å². The Morgan fingerprint density at radius 3 is 2.67 bits per heavy atom. The highest BCUT2D eigenvalue weighted by Crippen LogP contribution is 2.20. The first-order chi connectivity index (χ1) is 11.6. The molecule has 1 fully saturated rings. The summed E-state index contributed by atoms with van der Waals surface area (Å²) in [5.74, 6) is 0. The summed E-state index contributed by atoms with van der Waals surface area (Å²) >= 11 is 3.47. The van der Waals surface area contributed by atoms with Crippen LogP contribution in [0.1, 0.15) is 11.3 Å². The fraction of sp³-hybridized carbons (Fsp3) is 0.333. The maximum Gasteiger partial charge on any atom is 0.321 e. The van der Waals surface area contributed by atoms with Gasteiger partial charge in [0.2, 0.25) is 0 Å². The highest BCUT2D eigenvalue weighted by Gasteiger charge is 2.21. The number of hydrogen-bond donors (Lipinski definition) is 1. The molecule has 1 aromatic carbocycles. The smallest absolute Gasteiger partial charge is 0.321 e. The fourth-order valence-corrected chi connectivity index (χ4v) is 3.00. The van der Waals surface area contributed by atoms with Crippen LogP contribution in [0.2, 0.25) is 0 Å². The minimum absolute atomic E-state index is 0.0331. The second-order valence-electron chi connectivity index (χ2n) is 5.98. The molecule has 3 rings (SSSR count). The van der Waals surface area contributed by atoms with Gasteiger partial charge in [-0.3, -0.25) is 9.88 Å². The van der Waals surface area contributed by atoms with E-state index in [1.165, 1.54) is 0 Å². The maximum atomic E-state index is 12.4. The Labute approximate surface area is 150 Å². The summed E-state index contributed by atoms with van der Waals surface area (Å²) in [6.07, 6.45) is 1.82. The molecule has 0 atom stereocenters. The topological polar surface area (TPSA) is 48.5 Å². The number of aryl methyl sites for hydroxylation is 1. The summed E-state index contributed by atoms with van der Waals surface area (Å²) in [6, 6.07) is 11.8. The van der Waals surface area contributed by atoms with E-state index in [1.54, 1.807) is 0 Å². The lowest BCUT2D eigenvalue weighted by molar-refractivity contribution is 0.142. The minimum Gasteiger partial charge on any atom is -0.322 e. The van der Waals surface area contributed by atoms with Crippen molar-refractivity contribution in [3.63, 3.8) is 0 Å². The first kappa shape index (κ1) is 16.9. The Morgan fingerprint density at radius 1 is 1.21 bits per heavy atom. The van der Waals surface area contributed by atoms with Gasteiger partial charge in [-0.25, -0.2) is 4.79 Å². The lowest BCUT2D eigenvalue weighted by atomic mass is 10.2. The summed E-state index contributed by atoms with van der Waals surface area (Å²) in [4.78, 5) is 21.0. The molecule has 5 nitrogen and oxygen atoms in total. The summed E-state index contributed by atoms with van der Waals surface area (Å²) in [5, 5.41) is 2.98. The van der Waals surface area contributed by atoms with E-state index in [0.29, 0.717) is 0 Å². The molecule has 1 saturated heterocycles. The van der Waals surface area contributed by atoms with Crippen molar-refractivity contribution >= 4 is 27.6 Å². The molecule has 126 valence electrons. The quantitative estimate of drug-likeness (QED) is 0.874. The number of nitrogens with one attached hydrogen (secondary N) is 1. The molecule has 0 unspecified atom stereocenters. The number of nitrogens with zero attached hydrogens (tertiary/aromatic N) is 3. The second kappa shape index (κ2) is 7.77. The number of pyridine rings is 1. The van der Waals surface area contributed by atoms with E-state index in [1.807, 2.05) is 54.4 Å². The van der Waals surface area contributed by atoms with Gasteiger partial charge in [-0.15, -0.1) is 0 Å². The van der Waals surface area contributed by atoms with Crippen LogP contribution in [0.3, 0.4) is 0 Å². The Hall–Kier alpha value is -1.92. The maximum absolute atomic E-state index is 12.4. The first-order valence-corrected chi connectivity index (χ1v) is 8.85. The van der Waals surface area contributed by atoms with Crippen molar-refractivity contribution in [2.24, 2.45) is 0 Å². The highest BCUT2D eigenvalue weighted by atomic mass is 79.9. The van der Waals surface area contributed by atoms with Gasteiger partial charge in [0.25, 0.3) is 0 Å². The second-order valence-corrected chi connectivity index (χ2v) is 6.83. The van der Waals surface area contributed by atoms with Gasteiger partial charge in [0.15, 0.2) is 0 Å². The average Bonchev–Trinajstić information content (AvgIpc) is 2.60. The molecule has 2 heterocycles. The van der Waals surface area contributed by atoms with Crippen LogP contribution in [0.5, 0.6) is 0 Å². The van der Waals surface area contributed by atoms with E-state index in [9.17, 15) is 4.79 Å². The number of amides is 2. The molecule has 0 spiro atoms. The van der Waals surface area contributed by atoms with E-state index in [4.69, 9.17) is 0 Å². The third-order valence-corrected chi connectivity index (χ3v) is 5.07. The molecule has 1 aromatic heterocycles. The minimum atomic E-state index is -0.0331. The van der Waals surface area contributed by atoms with Gasteiger partial charge in [0, 0.05) is 49.1 Å². The van der Waals surface area contributed by atoms with Crippen LogP contribution in [0, 0.1) is 6.92 Å². The van der Waals surface area contributed by atoms with Gasteiger partial charge in [0.05, 0.1) is 5.69 Å². The zero-order valence-corrected chi connectivity index (χ0v) is 15.3. The van der Waals surface area contributed by atoms with Crippen molar-refractivity contribution in [2.75, 3.05) is 31.5 Å². The molecule has 24 heavy (non-hydrogen) atoms. The number of rotatable bonds is 3. The highest BCUT2D eigenvalue weighted by molar-refractivity contribution is 9.10. The van der Waals surface area contributed by atoms with Crippen LogP contribution in [0.15, 0.2) is 47.1 Å². The lowest BCUT2D eigenvalue weighted by Gasteiger charge is -2.34. The molecule has 0 saturated carbocycles. The van der Waals surface area contributed by atoms with Crippen molar-refractivity contribution in [3.05, 3.63) is 58.3 Å². The largest absolute Gasteiger partial charge is 0.322 e. The van der Waals surface area contributed by atoms with E-state index >= 15 is 0 Å². The van der Waals surface area contributed by atoms with E-state index in [2.05, 4.69) is 31.1 Å². The van der Waals surface area contributed by atoms with Crippen LogP contribution in [-0.2, 0) is 6.54 Å². The van der Waals surface area contributed by atoms with E-state index < -0.39 is 0 Å². The lowest BCUT2D eigenvalue weighted by Crippen LogP contribution is -2.49. The van der Waals surface area contributed by atoms with Crippen LogP contribution in [0.4, 0.5) is 10.5 Å². The number of carbonyl (C=O) groups excluding carboxylic acids is 1. The van der Waals surface area contributed by atoms with E-state index in [0.717, 1.165) is 54.1 Å². The molecule has 2 amide bonds. The molecular formula is C18H21BrN4O. The predicted octanol–water partition coefficient (Wildman–Crippen LogP) is 3.50. The Morgan fingerprint density at radius 2 is 2.00 bits per heavy atom. The number of benzene rings is 1. The monoisotopic (exact) mass is 388 g/mol. The van der Waals surface area contributed by atoms with E-state index in [-0.39, 0.29) is 6.03 Å². The van der Waals surface area contributed by atoms with Gasteiger partial charge in [0.1, 0.15) is 0 Å². The van der Waals surface area contributed by atoms with Crippen LogP contribution in [0.25, 0.3) is 0 Å². The zero-order chi connectivity index (χ0) is 16.9. The number of urea groups is 1. The Kier molecular flexibility index (Phi) is 5.48. The number of carbonyl (C=O) groups is 1. The van der Waals surface area contributed by atoms with Gasteiger partial charge in [-0.05, 0) is 42.8 Å². The van der Waals surface area contributed by atoms with Crippen molar-refractivity contribution in [2.45, 2.75) is 13.5 Å². The van der Waals surface area contributed by atoms with Gasteiger partial charge >= 0.3 is 6.03 Å². The summed E-state index contributed by atoms with van der Waals surface area (Å²) in [5.41, 5.74) is 3.00. The van der Waals surface area contributed by atoms with Crippen LogP contribution >= 0.6 is 15.9 Å². The number of hydrogen-bond acceptors (Lipinski definition) is 3. The third kappa shape index (κ3) is 4.33. The average molecular weight is 389 g/mol. The van der Waals surface area contributed by atoms with Crippen molar-refractivity contribution in [1.82, 2.24) is 14.8 Å². The van der Waals surface area contributed by atoms with Crippen LogP contribution < -0.4 is 5.32 Å². The zero-order valence-electron chi connectivity index (χ0n) is 13.7. The standard InChI is InChI=1S/C18H21BrN4O/c1-14-12-15(5-6-17(14)19)21-18(24)23-10-8-22(9-11-23)13-16-4-2-3-7-20-16/h2-7,12H,8-11,13H2,1H3,(H,21,24).